The molecule has 0 radical (unpaired) electrons. The highest BCUT2D eigenvalue weighted by atomic mass is 32.2. The standard InChI is InChI=1S/C10H13NO2S/c1-11-8-2-4-9(5-3-8)14(12,13)10-6-7-10/h2-5,10-11H,6-7H2,1H3. The Kier molecular flexibility index (Phi) is 2.23. The molecule has 0 spiro atoms. The quantitative estimate of drug-likeness (QED) is 0.827. The van der Waals surface area contributed by atoms with Crippen molar-refractivity contribution >= 4 is 15.5 Å². The van der Waals surface area contributed by atoms with Gasteiger partial charge in [-0.05, 0) is 37.1 Å². The molecule has 1 aromatic rings. The maximum Gasteiger partial charge on any atom is 0.181 e. The van der Waals surface area contributed by atoms with Crippen molar-refractivity contribution in [1.29, 1.82) is 0 Å². The van der Waals surface area contributed by atoms with E-state index in [2.05, 4.69) is 5.32 Å². The van der Waals surface area contributed by atoms with Gasteiger partial charge in [-0.25, -0.2) is 8.42 Å². The van der Waals surface area contributed by atoms with Gasteiger partial charge in [0, 0.05) is 12.7 Å². The van der Waals surface area contributed by atoms with E-state index in [1.807, 2.05) is 7.05 Å². The van der Waals surface area contributed by atoms with Crippen molar-refractivity contribution in [3.8, 4) is 0 Å². The van der Waals surface area contributed by atoms with Crippen molar-refractivity contribution in [2.45, 2.75) is 23.0 Å². The van der Waals surface area contributed by atoms with E-state index in [-0.39, 0.29) is 5.25 Å². The first kappa shape index (κ1) is 9.52. The van der Waals surface area contributed by atoms with Gasteiger partial charge in [0.15, 0.2) is 9.84 Å². The van der Waals surface area contributed by atoms with Crippen molar-refractivity contribution in [3.63, 3.8) is 0 Å². The zero-order chi connectivity index (χ0) is 10.2. The Morgan fingerprint density at radius 2 is 1.79 bits per heavy atom. The summed E-state index contributed by atoms with van der Waals surface area (Å²) >= 11 is 0. The Labute approximate surface area is 84.1 Å². The Morgan fingerprint density at radius 1 is 1.21 bits per heavy atom. The zero-order valence-corrected chi connectivity index (χ0v) is 8.84. The number of benzene rings is 1. The molecule has 1 N–H and O–H groups in total. The average molecular weight is 211 g/mol. The number of hydrogen-bond acceptors (Lipinski definition) is 3. The van der Waals surface area contributed by atoms with Gasteiger partial charge in [0.05, 0.1) is 10.1 Å². The van der Waals surface area contributed by atoms with Crippen LogP contribution in [0, 0.1) is 0 Å². The van der Waals surface area contributed by atoms with E-state index in [1.54, 1.807) is 24.3 Å². The van der Waals surface area contributed by atoms with E-state index >= 15 is 0 Å². The molecule has 0 amide bonds. The summed E-state index contributed by atoms with van der Waals surface area (Å²) in [7, 11) is -1.21. The Balaban J connectivity index is 2.33. The van der Waals surface area contributed by atoms with Crippen LogP contribution in [0.3, 0.4) is 0 Å². The second-order valence-corrected chi connectivity index (χ2v) is 5.75. The first-order valence-electron chi connectivity index (χ1n) is 4.66. The second kappa shape index (κ2) is 3.28. The van der Waals surface area contributed by atoms with Crippen LogP contribution in [0.2, 0.25) is 0 Å². The fraction of sp³-hybridized carbons (Fsp3) is 0.400. The number of anilines is 1. The maximum absolute atomic E-state index is 11.8. The highest BCUT2D eigenvalue weighted by molar-refractivity contribution is 7.92. The van der Waals surface area contributed by atoms with Gasteiger partial charge in [-0.1, -0.05) is 0 Å². The van der Waals surface area contributed by atoms with Gasteiger partial charge in [0.1, 0.15) is 0 Å². The summed E-state index contributed by atoms with van der Waals surface area (Å²) in [4.78, 5) is 0.444. The van der Waals surface area contributed by atoms with Gasteiger partial charge >= 0.3 is 0 Å². The molecule has 0 atom stereocenters. The van der Waals surface area contributed by atoms with Gasteiger partial charge in [0.2, 0.25) is 0 Å². The molecular formula is C10H13NO2S. The Bertz CT molecular complexity index is 418. The minimum absolute atomic E-state index is 0.122. The maximum atomic E-state index is 11.8. The van der Waals surface area contributed by atoms with Gasteiger partial charge in [0.25, 0.3) is 0 Å². The van der Waals surface area contributed by atoms with E-state index in [9.17, 15) is 8.42 Å². The van der Waals surface area contributed by atoms with Crippen LogP contribution in [0.1, 0.15) is 12.8 Å². The highest BCUT2D eigenvalue weighted by Crippen LogP contribution is 2.33. The molecule has 14 heavy (non-hydrogen) atoms. The Hall–Kier alpha value is -1.03. The fourth-order valence-electron chi connectivity index (χ4n) is 1.38. The van der Waals surface area contributed by atoms with E-state index in [0.717, 1.165) is 18.5 Å². The van der Waals surface area contributed by atoms with E-state index < -0.39 is 9.84 Å². The van der Waals surface area contributed by atoms with Crippen molar-refractivity contribution in [2.24, 2.45) is 0 Å². The highest BCUT2D eigenvalue weighted by Gasteiger charge is 2.36. The lowest BCUT2D eigenvalue weighted by atomic mass is 10.3. The van der Waals surface area contributed by atoms with Gasteiger partial charge in [-0.3, -0.25) is 0 Å². The smallest absolute Gasteiger partial charge is 0.181 e. The third-order valence-electron chi connectivity index (χ3n) is 2.43. The molecule has 1 aromatic carbocycles. The molecule has 0 heterocycles. The van der Waals surface area contributed by atoms with Crippen molar-refractivity contribution in [2.75, 3.05) is 12.4 Å². The van der Waals surface area contributed by atoms with E-state index in [4.69, 9.17) is 0 Å². The summed E-state index contributed by atoms with van der Waals surface area (Å²) < 4.78 is 23.5. The van der Waals surface area contributed by atoms with E-state index in [1.165, 1.54) is 0 Å². The molecule has 0 bridgehead atoms. The minimum Gasteiger partial charge on any atom is -0.388 e. The summed E-state index contributed by atoms with van der Waals surface area (Å²) in [5.41, 5.74) is 0.930. The SMILES string of the molecule is CNc1ccc(S(=O)(=O)C2CC2)cc1. The van der Waals surface area contributed by atoms with Gasteiger partial charge in [-0.15, -0.1) is 0 Å². The van der Waals surface area contributed by atoms with Crippen molar-refractivity contribution in [1.82, 2.24) is 0 Å². The summed E-state index contributed by atoms with van der Waals surface area (Å²) in [6.45, 7) is 0. The predicted octanol–water partition coefficient (Wildman–Crippen LogP) is 1.66. The zero-order valence-electron chi connectivity index (χ0n) is 8.03. The predicted molar refractivity (Wildman–Crippen MR) is 56.2 cm³/mol. The van der Waals surface area contributed by atoms with Crippen LogP contribution in [0.4, 0.5) is 5.69 Å². The Morgan fingerprint density at radius 3 is 2.21 bits per heavy atom. The number of nitrogens with one attached hydrogen (secondary N) is 1. The molecule has 1 fully saturated rings. The van der Waals surface area contributed by atoms with Crippen LogP contribution in [0.15, 0.2) is 29.2 Å². The fourth-order valence-corrected chi connectivity index (χ4v) is 3.04. The lowest BCUT2D eigenvalue weighted by Gasteiger charge is -2.03. The summed E-state index contributed by atoms with van der Waals surface area (Å²) in [5, 5.41) is 2.83. The van der Waals surface area contributed by atoms with Crippen molar-refractivity contribution in [3.05, 3.63) is 24.3 Å². The van der Waals surface area contributed by atoms with Crippen LogP contribution in [0.25, 0.3) is 0 Å². The molecule has 4 heteroatoms. The van der Waals surface area contributed by atoms with Crippen LogP contribution in [-0.4, -0.2) is 20.7 Å². The monoisotopic (exact) mass is 211 g/mol. The van der Waals surface area contributed by atoms with Crippen LogP contribution in [0.5, 0.6) is 0 Å². The first-order valence-corrected chi connectivity index (χ1v) is 6.21. The molecule has 1 aliphatic rings. The topological polar surface area (TPSA) is 46.2 Å². The normalized spacial score (nSPS) is 16.6. The molecule has 76 valence electrons. The lowest BCUT2D eigenvalue weighted by Crippen LogP contribution is -2.06. The molecular weight excluding hydrogens is 198 g/mol. The molecule has 1 saturated carbocycles. The largest absolute Gasteiger partial charge is 0.388 e. The summed E-state index contributed by atoms with van der Waals surface area (Å²) in [6, 6.07) is 6.91. The second-order valence-electron chi connectivity index (χ2n) is 3.52. The molecule has 0 saturated heterocycles. The molecule has 1 aliphatic carbocycles. The number of sulfone groups is 1. The molecule has 0 aromatic heterocycles. The van der Waals surface area contributed by atoms with Crippen molar-refractivity contribution < 1.29 is 8.42 Å². The summed E-state index contributed by atoms with van der Waals surface area (Å²) in [5.74, 6) is 0. The van der Waals surface area contributed by atoms with E-state index in [0.29, 0.717) is 4.90 Å². The third-order valence-corrected chi connectivity index (χ3v) is 4.71. The number of rotatable bonds is 3. The average Bonchev–Trinajstić information content (AvgIpc) is 3.01. The first-order chi connectivity index (χ1) is 6.64. The summed E-state index contributed by atoms with van der Waals surface area (Å²) in [6.07, 6.45) is 1.63. The van der Waals surface area contributed by atoms with Gasteiger partial charge < -0.3 is 5.32 Å². The number of hydrogen-bond donors (Lipinski definition) is 1. The molecule has 0 unspecified atom stereocenters. The molecule has 2 rings (SSSR count). The van der Waals surface area contributed by atoms with Crippen LogP contribution < -0.4 is 5.32 Å². The van der Waals surface area contributed by atoms with Crippen LogP contribution in [-0.2, 0) is 9.84 Å². The minimum atomic E-state index is -3.02. The third kappa shape index (κ3) is 1.62. The molecule has 0 aliphatic heterocycles. The van der Waals surface area contributed by atoms with Crippen LogP contribution >= 0.6 is 0 Å². The molecule has 3 nitrogen and oxygen atoms in total. The van der Waals surface area contributed by atoms with Gasteiger partial charge in [-0.2, -0.15) is 0 Å². The lowest BCUT2D eigenvalue weighted by molar-refractivity contribution is 0.595.